The van der Waals surface area contributed by atoms with Gasteiger partial charge in [-0.05, 0) is 43.9 Å². The van der Waals surface area contributed by atoms with Crippen LogP contribution in [0.4, 0.5) is 0 Å². The predicted octanol–water partition coefficient (Wildman–Crippen LogP) is 3.15. The summed E-state index contributed by atoms with van der Waals surface area (Å²) in [5.74, 6) is 0. The molecule has 2 nitrogen and oxygen atoms in total. The van der Waals surface area contributed by atoms with Crippen LogP contribution in [0.15, 0.2) is 28.7 Å². The van der Waals surface area contributed by atoms with Gasteiger partial charge >= 0.3 is 0 Å². The molecular formula is C14H20BrNO. The minimum Gasteiger partial charge on any atom is -0.377 e. The third-order valence-electron chi connectivity index (χ3n) is 3.17. The maximum Gasteiger partial charge on any atom is 0.0700 e. The maximum atomic E-state index is 5.60. The van der Waals surface area contributed by atoms with Crippen molar-refractivity contribution in [2.75, 3.05) is 13.2 Å². The standard InChI is InChI=1S/C14H20BrNO/c1-11(16-10-14-3-2-8-17-14)9-12-4-6-13(15)7-5-12/h4-7,11,14,16H,2-3,8-10H2,1H3. The fraction of sp³-hybridized carbons (Fsp3) is 0.571. The van der Waals surface area contributed by atoms with E-state index >= 15 is 0 Å². The molecule has 2 rings (SSSR count). The third-order valence-corrected chi connectivity index (χ3v) is 3.70. The lowest BCUT2D eigenvalue weighted by Crippen LogP contribution is -2.34. The molecule has 0 saturated carbocycles. The molecule has 1 aromatic carbocycles. The second-order valence-electron chi connectivity index (χ2n) is 4.77. The van der Waals surface area contributed by atoms with Gasteiger partial charge in [-0.15, -0.1) is 0 Å². The van der Waals surface area contributed by atoms with E-state index in [2.05, 4.69) is 52.4 Å². The smallest absolute Gasteiger partial charge is 0.0700 e. The molecule has 3 heteroatoms. The number of ether oxygens (including phenoxy) is 1. The van der Waals surface area contributed by atoms with Crippen LogP contribution in [0.2, 0.25) is 0 Å². The largest absolute Gasteiger partial charge is 0.377 e. The fourth-order valence-corrected chi connectivity index (χ4v) is 2.45. The van der Waals surface area contributed by atoms with Crippen molar-refractivity contribution in [3.8, 4) is 0 Å². The molecule has 1 aliphatic heterocycles. The average Bonchev–Trinajstić information content (AvgIpc) is 2.83. The molecule has 0 radical (unpaired) electrons. The number of hydrogen-bond donors (Lipinski definition) is 1. The molecule has 1 aliphatic rings. The van der Waals surface area contributed by atoms with Crippen molar-refractivity contribution in [3.63, 3.8) is 0 Å². The van der Waals surface area contributed by atoms with Gasteiger partial charge in [0.15, 0.2) is 0 Å². The Labute approximate surface area is 112 Å². The Balaban J connectivity index is 1.72. The fourth-order valence-electron chi connectivity index (χ4n) is 2.18. The number of hydrogen-bond acceptors (Lipinski definition) is 2. The van der Waals surface area contributed by atoms with E-state index in [0.29, 0.717) is 12.1 Å². The average molecular weight is 298 g/mol. The van der Waals surface area contributed by atoms with E-state index in [-0.39, 0.29) is 0 Å². The van der Waals surface area contributed by atoms with Crippen molar-refractivity contribution >= 4 is 15.9 Å². The summed E-state index contributed by atoms with van der Waals surface area (Å²) in [4.78, 5) is 0. The van der Waals surface area contributed by atoms with Gasteiger partial charge in [-0.1, -0.05) is 28.1 Å². The lowest BCUT2D eigenvalue weighted by Gasteiger charge is -2.17. The van der Waals surface area contributed by atoms with Gasteiger partial charge in [0, 0.05) is 23.7 Å². The van der Waals surface area contributed by atoms with Crippen molar-refractivity contribution in [2.45, 2.75) is 38.3 Å². The first-order valence-corrected chi connectivity index (χ1v) is 7.13. The topological polar surface area (TPSA) is 21.3 Å². The first kappa shape index (κ1) is 13.1. The molecule has 94 valence electrons. The van der Waals surface area contributed by atoms with Gasteiger partial charge in [0.2, 0.25) is 0 Å². The lowest BCUT2D eigenvalue weighted by molar-refractivity contribution is 0.108. The minimum absolute atomic E-state index is 0.433. The quantitative estimate of drug-likeness (QED) is 0.901. The van der Waals surface area contributed by atoms with Gasteiger partial charge in [-0.25, -0.2) is 0 Å². The van der Waals surface area contributed by atoms with Crippen molar-refractivity contribution in [1.82, 2.24) is 5.32 Å². The summed E-state index contributed by atoms with van der Waals surface area (Å²) in [6, 6.07) is 9.05. The van der Waals surface area contributed by atoms with Crippen LogP contribution in [0.3, 0.4) is 0 Å². The number of nitrogens with one attached hydrogen (secondary N) is 1. The van der Waals surface area contributed by atoms with Crippen LogP contribution in [0.25, 0.3) is 0 Å². The second-order valence-corrected chi connectivity index (χ2v) is 5.69. The van der Waals surface area contributed by atoms with Crippen LogP contribution in [-0.4, -0.2) is 25.3 Å². The van der Waals surface area contributed by atoms with Crippen molar-refractivity contribution in [3.05, 3.63) is 34.3 Å². The first-order chi connectivity index (χ1) is 8.24. The summed E-state index contributed by atoms with van der Waals surface area (Å²) in [6.45, 7) is 4.15. The zero-order valence-corrected chi connectivity index (χ0v) is 11.9. The highest BCUT2D eigenvalue weighted by Crippen LogP contribution is 2.13. The van der Waals surface area contributed by atoms with Crippen LogP contribution >= 0.6 is 15.9 Å². The molecule has 1 heterocycles. The van der Waals surface area contributed by atoms with Gasteiger partial charge in [0.25, 0.3) is 0 Å². The molecule has 1 N–H and O–H groups in total. The number of rotatable bonds is 5. The van der Waals surface area contributed by atoms with E-state index in [1.54, 1.807) is 0 Å². The lowest BCUT2D eigenvalue weighted by atomic mass is 10.1. The van der Waals surface area contributed by atoms with Crippen molar-refractivity contribution in [2.24, 2.45) is 0 Å². The Hall–Kier alpha value is -0.380. The van der Waals surface area contributed by atoms with Crippen LogP contribution in [-0.2, 0) is 11.2 Å². The van der Waals surface area contributed by atoms with Crippen molar-refractivity contribution in [1.29, 1.82) is 0 Å². The second kappa shape index (κ2) is 6.53. The number of benzene rings is 1. The summed E-state index contributed by atoms with van der Waals surface area (Å²) in [6.07, 6.45) is 3.92. The normalized spacial score (nSPS) is 21.6. The summed E-state index contributed by atoms with van der Waals surface area (Å²) in [5, 5.41) is 3.55. The van der Waals surface area contributed by atoms with Crippen molar-refractivity contribution < 1.29 is 4.74 Å². The van der Waals surface area contributed by atoms with Crippen LogP contribution in [0, 0.1) is 0 Å². The van der Waals surface area contributed by atoms with E-state index in [9.17, 15) is 0 Å². The Morgan fingerprint density at radius 1 is 1.41 bits per heavy atom. The van der Waals surface area contributed by atoms with Gasteiger partial charge in [-0.2, -0.15) is 0 Å². The van der Waals surface area contributed by atoms with Crippen LogP contribution in [0.5, 0.6) is 0 Å². The summed E-state index contributed by atoms with van der Waals surface area (Å²) in [5.41, 5.74) is 1.38. The molecule has 2 unspecified atom stereocenters. The van der Waals surface area contributed by atoms with E-state index in [1.807, 2.05) is 0 Å². The summed E-state index contributed by atoms with van der Waals surface area (Å²) >= 11 is 3.45. The molecular weight excluding hydrogens is 278 g/mol. The summed E-state index contributed by atoms with van der Waals surface area (Å²) < 4.78 is 6.74. The first-order valence-electron chi connectivity index (χ1n) is 6.33. The van der Waals surface area contributed by atoms with E-state index in [4.69, 9.17) is 4.74 Å². The van der Waals surface area contributed by atoms with Crippen LogP contribution in [0.1, 0.15) is 25.3 Å². The molecule has 0 spiro atoms. The zero-order valence-electron chi connectivity index (χ0n) is 10.3. The maximum absolute atomic E-state index is 5.60. The molecule has 1 saturated heterocycles. The molecule has 1 fully saturated rings. The third kappa shape index (κ3) is 4.41. The molecule has 0 bridgehead atoms. The molecule has 0 aliphatic carbocycles. The van der Waals surface area contributed by atoms with Gasteiger partial charge in [0.05, 0.1) is 6.10 Å². The predicted molar refractivity (Wildman–Crippen MR) is 74.3 cm³/mol. The molecule has 0 aromatic heterocycles. The zero-order chi connectivity index (χ0) is 12.1. The van der Waals surface area contributed by atoms with E-state index in [0.717, 1.165) is 24.0 Å². The molecule has 17 heavy (non-hydrogen) atoms. The minimum atomic E-state index is 0.433. The van der Waals surface area contributed by atoms with Gasteiger partial charge < -0.3 is 10.1 Å². The highest BCUT2D eigenvalue weighted by atomic mass is 79.9. The number of halogens is 1. The molecule has 0 amide bonds. The Morgan fingerprint density at radius 2 is 2.18 bits per heavy atom. The summed E-state index contributed by atoms with van der Waals surface area (Å²) in [7, 11) is 0. The molecule has 1 aromatic rings. The highest BCUT2D eigenvalue weighted by Gasteiger charge is 2.15. The Morgan fingerprint density at radius 3 is 2.82 bits per heavy atom. The Bertz CT molecular complexity index is 333. The highest BCUT2D eigenvalue weighted by molar-refractivity contribution is 9.10. The van der Waals surface area contributed by atoms with Gasteiger partial charge in [0.1, 0.15) is 0 Å². The SMILES string of the molecule is CC(Cc1ccc(Br)cc1)NCC1CCCO1. The van der Waals surface area contributed by atoms with Crippen LogP contribution < -0.4 is 5.32 Å². The van der Waals surface area contributed by atoms with Gasteiger partial charge in [-0.3, -0.25) is 0 Å². The van der Waals surface area contributed by atoms with E-state index in [1.165, 1.54) is 18.4 Å². The monoisotopic (exact) mass is 297 g/mol. The Kier molecular flexibility index (Phi) is 5.01. The molecule has 2 atom stereocenters. The van der Waals surface area contributed by atoms with E-state index < -0.39 is 0 Å².